The van der Waals surface area contributed by atoms with E-state index in [0.29, 0.717) is 23.7 Å². The second-order valence-corrected chi connectivity index (χ2v) is 27.1. The molecule has 0 aromatic heterocycles. The number of benzene rings is 12. The summed E-state index contributed by atoms with van der Waals surface area (Å²) in [7, 11) is 0. The van der Waals surface area contributed by atoms with Crippen molar-refractivity contribution in [2.75, 3.05) is 0 Å². The maximum Gasteiger partial charge on any atom is -0.00139 e. The van der Waals surface area contributed by atoms with Gasteiger partial charge in [-0.2, -0.15) is 0 Å². The van der Waals surface area contributed by atoms with E-state index in [0.717, 1.165) is 0 Å². The van der Waals surface area contributed by atoms with Crippen molar-refractivity contribution in [3.05, 3.63) is 253 Å². The molecule has 0 heterocycles. The minimum Gasteiger partial charge on any atom is -0.0616 e. The van der Waals surface area contributed by atoms with Crippen LogP contribution in [-0.4, -0.2) is 0 Å². The second-order valence-electron chi connectivity index (χ2n) is 27.1. The maximum atomic E-state index is 2.50. The summed E-state index contributed by atoms with van der Waals surface area (Å²) in [6, 6.07) is 91.2. The summed E-state index contributed by atoms with van der Waals surface area (Å²) in [5, 5.41) is 10.2. The van der Waals surface area contributed by atoms with Crippen LogP contribution in [0.15, 0.2) is 231 Å². The van der Waals surface area contributed by atoms with Gasteiger partial charge in [0.1, 0.15) is 0 Å². The lowest BCUT2D eigenvalue weighted by Crippen LogP contribution is -2.04. The van der Waals surface area contributed by atoms with Gasteiger partial charge >= 0.3 is 0 Å². The molecule has 4 aliphatic carbocycles. The molecule has 4 saturated carbocycles. The Morgan fingerprint density at radius 3 is 0.545 bits per heavy atom. The Morgan fingerprint density at radius 2 is 0.341 bits per heavy atom. The molecular weight excluding hydrogens is 1060 g/mol. The predicted octanol–water partition coefficient (Wildman–Crippen LogP) is 26.2. The summed E-state index contributed by atoms with van der Waals surface area (Å²) < 4.78 is 0. The molecule has 0 N–H and O–H groups in total. The summed E-state index contributed by atoms with van der Waals surface area (Å²) >= 11 is 0. The minimum absolute atomic E-state index is 0.672. The molecule has 12 aromatic carbocycles. The lowest BCUT2D eigenvalue weighted by Gasteiger charge is -2.23. The molecule has 0 atom stereocenters. The van der Waals surface area contributed by atoms with Gasteiger partial charge in [-0.05, 0) is 255 Å². The van der Waals surface area contributed by atoms with E-state index in [4.69, 9.17) is 0 Å². The standard InChI is InChI=1S/C88H82/c1-5-21-59(22-6-1)63-37-45-67(46-38-63)71-53-72(68-47-39-64(40-48-68)60-23-7-2-8-24-60)56-75(55-71)85-77-29-13-17-33-81(77)87(82-34-18-14-30-78(82)85)88-83-35-19-15-31-79(83)86(80-32-16-20-36-84(80)88)76-57-73(69-49-41-65(42-50-69)61-25-9-3-10-26-61)54-74(58-76)70-51-43-66(44-52-70)62-27-11-4-12-28-62/h13-20,29-62H,1-12,21-28H2. The van der Waals surface area contributed by atoms with Gasteiger partial charge in [-0.3, -0.25) is 0 Å². The van der Waals surface area contributed by atoms with Crippen LogP contribution >= 0.6 is 0 Å². The number of fused-ring (bicyclic) bond motifs is 4. The summed E-state index contributed by atoms with van der Waals surface area (Å²) in [4.78, 5) is 0. The molecular formula is C88H82. The fourth-order valence-corrected chi connectivity index (χ4v) is 17.2. The Hall–Kier alpha value is -8.32. The van der Waals surface area contributed by atoms with Gasteiger partial charge in [0.2, 0.25) is 0 Å². The first-order valence-corrected chi connectivity index (χ1v) is 34.2. The highest BCUT2D eigenvalue weighted by molar-refractivity contribution is 6.30. The maximum absolute atomic E-state index is 2.50. The van der Waals surface area contributed by atoms with Crippen LogP contribution < -0.4 is 0 Å². The highest BCUT2D eigenvalue weighted by Crippen LogP contribution is 2.52. The van der Waals surface area contributed by atoms with E-state index in [-0.39, 0.29) is 0 Å². The van der Waals surface area contributed by atoms with E-state index in [1.807, 2.05) is 0 Å². The monoisotopic (exact) mass is 1140 g/mol. The van der Waals surface area contributed by atoms with E-state index < -0.39 is 0 Å². The van der Waals surface area contributed by atoms with E-state index in [9.17, 15) is 0 Å². The second kappa shape index (κ2) is 24.3. The summed E-state index contributed by atoms with van der Waals surface area (Å²) in [5.41, 5.74) is 23.9. The molecule has 0 amide bonds. The van der Waals surface area contributed by atoms with Crippen LogP contribution in [0.25, 0.3) is 121 Å². The zero-order valence-corrected chi connectivity index (χ0v) is 51.4. The largest absolute Gasteiger partial charge is 0.0616 e. The van der Waals surface area contributed by atoms with Crippen LogP contribution in [0.1, 0.15) is 174 Å². The molecule has 0 nitrogen and oxygen atoms in total. The first-order chi connectivity index (χ1) is 43.6. The van der Waals surface area contributed by atoms with Gasteiger partial charge < -0.3 is 0 Å². The van der Waals surface area contributed by atoms with Crippen molar-refractivity contribution < 1.29 is 0 Å². The molecule has 16 rings (SSSR count). The van der Waals surface area contributed by atoms with Crippen molar-refractivity contribution in [2.45, 2.75) is 152 Å². The molecule has 12 aromatic rings. The molecule has 0 heteroatoms. The smallest absolute Gasteiger partial charge is 0.00139 e. The molecule has 0 spiro atoms. The van der Waals surface area contributed by atoms with Crippen molar-refractivity contribution in [1.82, 2.24) is 0 Å². The minimum atomic E-state index is 0.672. The third kappa shape index (κ3) is 10.6. The lowest BCUT2D eigenvalue weighted by atomic mass is 9.80. The molecule has 434 valence electrons. The molecule has 0 unspecified atom stereocenters. The Kier molecular flexibility index (Phi) is 15.2. The Labute approximate surface area is 522 Å². The summed E-state index contributed by atoms with van der Waals surface area (Å²) in [6.07, 6.45) is 26.7. The fourth-order valence-electron chi connectivity index (χ4n) is 17.2. The van der Waals surface area contributed by atoms with Crippen LogP contribution in [0.2, 0.25) is 0 Å². The van der Waals surface area contributed by atoms with Gasteiger partial charge in [0.05, 0.1) is 0 Å². The van der Waals surface area contributed by atoms with Crippen molar-refractivity contribution in [3.63, 3.8) is 0 Å². The zero-order chi connectivity index (χ0) is 58.3. The van der Waals surface area contributed by atoms with E-state index in [2.05, 4.69) is 231 Å². The molecule has 0 radical (unpaired) electrons. The SMILES string of the molecule is c1ccc2c(-c3c4ccccc4c(-c4cc(-c5ccc(C6CCCCC6)cc5)cc(-c5ccc(C6CCCCC6)cc5)c4)c4ccccc34)c3ccccc3c(-c3cc(-c4ccc(C5CCCCC5)cc4)cc(-c4ccc(C5CCCCC5)cc4)c3)c2c1. The predicted molar refractivity (Wildman–Crippen MR) is 378 cm³/mol. The van der Waals surface area contributed by atoms with Crippen LogP contribution in [0.5, 0.6) is 0 Å². The summed E-state index contributed by atoms with van der Waals surface area (Å²) in [6.45, 7) is 0. The van der Waals surface area contributed by atoms with Crippen LogP contribution in [0.3, 0.4) is 0 Å². The average Bonchev–Trinajstić information content (AvgIpc) is 0.793. The quantitative estimate of drug-likeness (QED) is 0.113. The van der Waals surface area contributed by atoms with Crippen LogP contribution in [0, 0.1) is 0 Å². The molecule has 0 aliphatic heterocycles. The molecule has 4 fully saturated rings. The lowest BCUT2D eigenvalue weighted by molar-refractivity contribution is 0.443. The van der Waals surface area contributed by atoms with Gasteiger partial charge in [-0.15, -0.1) is 0 Å². The van der Waals surface area contributed by atoms with Crippen LogP contribution in [0.4, 0.5) is 0 Å². The van der Waals surface area contributed by atoms with Gasteiger partial charge in [0.15, 0.2) is 0 Å². The average molecular weight is 1140 g/mol. The van der Waals surface area contributed by atoms with E-state index >= 15 is 0 Å². The van der Waals surface area contributed by atoms with Crippen molar-refractivity contribution >= 4 is 43.1 Å². The van der Waals surface area contributed by atoms with Gasteiger partial charge in [-0.1, -0.05) is 271 Å². The van der Waals surface area contributed by atoms with Gasteiger partial charge in [0, 0.05) is 0 Å². The highest BCUT2D eigenvalue weighted by atomic mass is 14.3. The normalized spacial score (nSPS) is 16.7. The third-order valence-electron chi connectivity index (χ3n) is 21.8. The molecule has 0 bridgehead atoms. The van der Waals surface area contributed by atoms with Crippen LogP contribution in [-0.2, 0) is 0 Å². The number of hydrogen-bond donors (Lipinski definition) is 0. The molecule has 4 aliphatic rings. The first kappa shape index (κ1) is 55.0. The van der Waals surface area contributed by atoms with Gasteiger partial charge in [-0.25, -0.2) is 0 Å². The fraction of sp³-hybridized carbons (Fsp3) is 0.273. The molecule has 88 heavy (non-hydrogen) atoms. The zero-order valence-electron chi connectivity index (χ0n) is 51.4. The Balaban J connectivity index is 0.877. The van der Waals surface area contributed by atoms with Crippen molar-refractivity contribution in [1.29, 1.82) is 0 Å². The van der Waals surface area contributed by atoms with Crippen molar-refractivity contribution in [2.24, 2.45) is 0 Å². The number of rotatable bonds is 11. The van der Waals surface area contributed by atoms with Crippen molar-refractivity contribution in [3.8, 4) is 77.9 Å². The van der Waals surface area contributed by atoms with Gasteiger partial charge in [0.25, 0.3) is 0 Å². The highest BCUT2D eigenvalue weighted by Gasteiger charge is 2.26. The Bertz CT molecular complexity index is 3910. The number of hydrogen-bond acceptors (Lipinski definition) is 0. The third-order valence-corrected chi connectivity index (χ3v) is 21.8. The first-order valence-electron chi connectivity index (χ1n) is 34.2. The van der Waals surface area contributed by atoms with E-state index in [1.54, 1.807) is 0 Å². The Morgan fingerprint density at radius 1 is 0.159 bits per heavy atom. The van der Waals surface area contributed by atoms with E-state index in [1.165, 1.54) is 272 Å². The molecule has 0 saturated heterocycles. The topological polar surface area (TPSA) is 0 Å². The summed E-state index contributed by atoms with van der Waals surface area (Å²) in [5.74, 6) is 2.69.